The number of amides is 1. The van der Waals surface area contributed by atoms with Gasteiger partial charge in [0.05, 0.1) is 10.0 Å². The number of hydrogen-bond donors (Lipinski definition) is 2. The minimum Gasteiger partial charge on any atom is -0.508 e. The van der Waals surface area contributed by atoms with Crippen LogP contribution in [0.1, 0.15) is 10.4 Å². The number of phenolic OH excluding ortho intramolecular Hbond substituents is 1. The van der Waals surface area contributed by atoms with E-state index in [4.69, 9.17) is 27.6 Å². The van der Waals surface area contributed by atoms with E-state index in [1.807, 2.05) is 36.4 Å². The largest absolute Gasteiger partial charge is 0.508 e. The molecule has 0 aliphatic rings. The summed E-state index contributed by atoms with van der Waals surface area (Å²) in [7, 11) is 0. The molecule has 172 valence electrons. The SMILES string of the molecule is O=C(Nc1nc(-c2c(Cl)cccc2Cl)c(-c2ccccc2-c2cccc(O)c2)o1)c1ccccc1. The molecular weight excluding hydrogens is 483 g/mol. The van der Waals surface area contributed by atoms with E-state index >= 15 is 0 Å². The van der Waals surface area contributed by atoms with Crippen LogP contribution in [-0.4, -0.2) is 16.0 Å². The molecule has 0 aliphatic carbocycles. The van der Waals surface area contributed by atoms with Gasteiger partial charge in [0.1, 0.15) is 11.4 Å². The van der Waals surface area contributed by atoms with Crippen LogP contribution in [0.4, 0.5) is 6.01 Å². The Morgan fingerprint density at radius 1 is 0.800 bits per heavy atom. The van der Waals surface area contributed by atoms with Gasteiger partial charge in [-0.15, -0.1) is 0 Å². The van der Waals surface area contributed by atoms with Crippen molar-refractivity contribution in [3.05, 3.63) is 113 Å². The maximum atomic E-state index is 12.8. The Hall–Kier alpha value is -4.06. The van der Waals surface area contributed by atoms with Crippen molar-refractivity contribution >= 4 is 35.1 Å². The Morgan fingerprint density at radius 3 is 2.17 bits per heavy atom. The van der Waals surface area contributed by atoms with Gasteiger partial charge in [0.25, 0.3) is 5.91 Å². The highest BCUT2D eigenvalue weighted by Gasteiger charge is 2.24. The van der Waals surface area contributed by atoms with Gasteiger partial charge in [-0.2, -0.15) is 4.98 Å². The van der Waals surface area contributed by atoms with E-state index < -0.39 is 0 Å². The van der Waals surface area contributed by atoms with Crippen LogP contribution in [0.5, 0.6) is 5.75 Å². The van der Waals surface area contributed by atoms with E-state index in [2.05, 4.69) is 10.3 Å². The number of benzene rings is 4. The Labute approximate surface area is 211 Å². The molecule has 0 spiro atoms. The van der Waals surface area contributed by atoms with Crippen molar-refractivity contribution in [2.75, 3.05) is 5.32 Å². The predicted molar refractivity (Wildman–Crippen MR) is 139 cm³/mol. The minimum absolute atomic E-state index is 0.00514. The highest BCUT2D eigenvalue weighted by atomic mass is 35.5. The lowest BCUT2D eigenvalue weighted by molar-refractivity contribution is 0.102. The van der Waals surface area contributed by atoms with E-state index in [1.165, 1.54) is 0 Å². The number of rotatable bonds is 5. The molecule has 0 saturated carbocycles. The van der Waals surface area contributed by atoms with Gasteiger partial charge in [-0.3, -0.25) is 10.1 Å². The molecule has 0 aliphatic heterocycles. The number of aromatic hydroxyl groups is 1. The van der Waals surface area contributed by atoms with Gasteiger partial charge < -0.3 is 9.52 Å². The van der Waals surface area contributed by atoms with Crippen molar-refractivity contribution in [3.8, 4) is 39.5 Å². The molecule has 0 bridgehead atoms. The first-order valence-electron chi connectivity index (χ1n) is 10.7. The molecule has 0 atom stereocenters. The van der Waals surface area contributed by atoms with Crippen LogP contribution in [0.2, 0.25) is 10.0 Å². The van der Waals surface area contributed by atoms with Gasteiger partial charge in [0.15, 0.2) is 5.76 Å². The lowest BCUT2D eigenvalue weighted by Gasteiger charge is -2.10. The third-order valence-electron chi connectivity index (χ3n) is 5.41. The van der Waals surface area contributed by atoms with Crippen molar-refractivity contribution in [1.29, 1.82) is 0 Å². The molecule has 0 fully saturated rings. The van der Waals surface area contributed by atoms with Crippen LogP contribution in [0.25, 0.3) is 33.7 Å². The summed E-state index contributed by atoms with van der Waals surface area (Å²) in [4.78, 5) is 17.4. The molecule has 1 aromatic heterocycles. The highest BCUT2D eigenvalue weighted by molar-refractivity contribution is 6.39. The number of carbonyl (C=O) groups excluding carboxylic acids is 1. The summed E-state index contributed by atoms with van der Waals surface area (Å²) in [5.41, 5.74) is 3.60. The average molecular weight is 501 g/mol. The van der Waals surface area contributed by atoms with Crippen molar-refractivity contribution < 1.29 is 14.3 Å². The molecule has 0 unspecified atom stereocenters. The summed E-state index contributed by atoms with van der Waals surface area (Å²) in [6.45, 7) is 0. The number of hydrogen-bond acceptors (Lipinski definition) is 4. The van der Waals surface area contributed by atoms with Gasteiger partial charge in [-0.25, -0.2) is 0 Å². The lowest BCUT2D eigenvalue weighted by Crippen LogP contribution is -2.11. The van der Waals surface area contributed by atoms with E-state index in [0.29, 0.717) is 38.2 Å². The van der Waals surface area contributed by atoms with Crippen LogP contribution >= 0.6 is 23.2 Å². The fourth-order valence-corrected chi connectivity index (χ4v) is 4.39. The van der Waals surface area contributed by atoms with E-state index in [0.717, 1.165) is 11.1 Å². The van der Waals surface area contributed by atoms with Gasteiger partial charge in [0.2, 0.25) is 0 Å². The molecule has 0 radical (unpaired) electrons. The zero-order chi connectivity index (χ0) is 24.4. The smallest absolute Gasteiger partial charge is 0.302 e. The standard InChI is InChI=1S/C28H18Cl2N2O3/c29-22-14-7-15-23(30)24(22)25-26(35-28(31-25)32-27(34)17-8-2-1-3-9-17)21-13-5-4-12-20(21)18-10-6-11-19(33)16-18/h1-16,33H,(H,31,32,34). The molecule has 2 N–H and O–H groups in total. The summed E-state index contributed by atoms with van der Waals surface area (Å²) in [6, 6.07) is 28.4. The first-order chi connectivity index (χ1) is 17.0. The first-order valence-corrected chi connectivity index (χ1v) is 11.5. The molecule has 5 aromatic rings. The monoisotopic (exact) mass is 500 g/mol. The van der Waals surface area contributed by atoms with Gasteiger partial charge in [0, 0.05) is 16.7 Å². The van der Waals surface area contributed by atoms with Crippen molar-refractivity contribution in [1.82, 2.24) is 4.98 Å². The molecule has 0 saturated heterocycles. The number of oxazole rings is 1. The van der Waals surface area contributed by atoms with Crippen LogP contribution in [0.3, 0.4) is 0 Å². The zero-order valence-electron chi connectivity index (χ0n) is 18.2. The third kappa shape index (κ3) is 4.64. The number of nitrogens with one attached hydrogen (secondary N) is 1. The summed E-state index contributed by atoms with van der Waals surface area (Å²) >= 11 is 13.1. The topological polar surface area (TPSA) is 75.4 Å². The van der Waals surface area contributed by atoms with Crippen molar-refractivity contribution in [2.45, 2.75) is 0 Å². The fourth-order valence-electron chi connectivity index (χ4n) is 3.81. The maximum Gasteiger partial charge on any atom is 0.302 e. The molecule has 1 amide bonds. The fraction of sp³-hybridized carbons (Fsp3) is 0. The van der Waals surface area contributed by atoms with Gasteiger partial charge in [-0.1, -0.05) is 83.9 Å². The Morgan fingerprint density at radius 2 is 1.46 bits per heavy atom. The number of halogens is 2. The summed E-state index contributed by atoms with van der Waals surface area (Å²) < 4.78 is 6.13. The molecule has 5 nitrogen and oxygen atoms in total. The van der Waals surface area contributed by atoms with E-state index in [-0.39, 0.29) is 17.7 Å². The molecule has 5 rings (SSSR count). The first kappa shape index (κ1) is 22.7. The average Bonchev–Trinajstić information content (AvgIpc) is 3.27. The lowest BCUT2D eigenvalue weighted by atomic mass is 9.96. The highest BCUT2D eigenvalue weighted by Crippen LogP contribution is 2.44. The molecule has 35 heavy (non-hydrogen) atoms. The molecule has 7 heteroatoms. The van der Waals surface area contributed by atoms with Crippen molar-refractivity contribution in [2.24, 2.45) is 0 Å². The van der Waals surface area contributed by atoms with Crippen LogP contribution in [0.15, 0.2) is 101 Å². The molecule has 1 heterocycles. The van der Waals surface area contributed by atoms with Crippen LogP contribution < -0.4 is 5.32 Å². The summed E-state index contributed by atoms with van der Waals surface area (Å²) in [6.07, 6.45) is 0. The van der Waals surface area contributed by atoms with Crippen LogP contribution in [-0.2, 0) is 0 Å². The second-order valence-electron chi connectivity index (χ2n) is 7.71. The Bertz CT molecular complexity index is 1510. The Balaban J connectivity index is 1.68. The zero-order valence-corrected chi connectivity index (χ0v) is 19.7. The number of carbonyl (C=O) groups is 1. The predicted octanol–water partition coefficient (Wildman–Crippen LogP) is 7.94. The number of nitrogens with zero attached hydrogens (tertiary/aromatic N) is 1. The summed E-state index contributed by atoms with van der Waals surface area (Å²) in [5, 5.41) is 13.5. The molecular formula is C28H18Cl2N2O3. The minimum atomic E-state index is -0.364. The van der Waals surface area contributed by atoms with E-state index in [9.17, 15) is 9.90 Å². The van der Waals surface area contributed by atoms with Crippen molar-refractivity contribution in [3.63, 3.8) is 0 Å². The van der Waals surface area contributed by atoms with E-state index in [1.54, 1.807) is 60.7 Å². The Kier molecular flexibility index (Phi) is 6.27. The number of anilines is 1. The third-order valence-corrected chi connectivity index (χ3v) is 6.04. The van der Waals surface area contributed by atoms with Crippen LogP contribution in [0, 0.1) is 0 Å². The normalized spacial score (nSPS) is 10.8. The maximum absolute atomic E-state index is 12.8. The summed E-state index contributed by atoms with van der Waals surface area (Å²) in [5.74, 6) is 0.152. The second kappa shape index (κ2) is 9.66. The van der Waals surface area contributed by atoms with Gasteiger partial charge >= 0.3 is 6.01 Å². The number of phenols is 1. The number of aromatic nitrogens is 1. The van der Waals surface area contributed by atoms with Gasteiger partial charge in [-0.05, 0) is 47.5 Å². The molecule has 4 aromatic carbocycles. The second-order valence-corrected chi connectivity index (χ2v) is 8.52. The quantitative estimate of drug-likeness (QED) is 0.256.